The molecule has 2 aromatic heterocycles. The van der Waals surface area contributed by atoms with Gasteiger partial charge in [0.25, 0.3) is 11.5 Å². The third-order valence-electron chi connectivity index (χ3n) is 5.63. The molecule has 3 heterocycles. The Morgan fingerprint density at radius 3 is 2.54 bits per heavy atom. The molecule has 1 aromatic carbocycles. The zero-order valence-corrected chi connectivity index (χ0v) is 17.0. The van der Waals surface area contributed by atoms with E-state index in [0.717, 1.165) is 15.3 Å². The van der Waals surface area contributed by atoms with E-state index in [2.05, 4.69) is 4.98 Å². The maximum atomic E-state index is 13.9. The Kier molecular flexibility index (Phi) is 4.79. The van der Waals surface area contributed by atoms with Crippen LogP contribution >= 0.6 is 11.3 Å². The summed E-state index contributed by atoms with van der Waals surface area (Å²) in [5.41, 5.74) is 1.10. The van der Waals surface area contributed by atoms with E-state index in [1.807, 2.05) is 20.8 Å². The zero-order chi connectivity index (χ0) is 20.0. The van der Waals surface area contributed by atoms with Crippen LogP contribution in [0.1, 0.15) is 45.5 Å². The molecule has 5 nitrogen and oxygen atoms in total. The summed E-state index contributed by atoms with van der Waals surface area (Å²) < 4.78 is 15.7. The third-order valence-corrected chi connectivity index (χ3v) is 6.73. The lowest BCUT2D eigenvalue weighted by Crippen LogP contribution is -2.41. The number of benzene rings is 1. The summed E-state index contributed by atoms with van der Waals surface area (Å²) in [5.74, 6) is -0.0872. The van der Waals surface area contributed by atoms with Crippen LogP contribution in [0, 0.1) is 26.6 Å². The van der Waals surface area contributed by atoms with Crippen molar-refractivity contribution in [2.45, 2.75) is 39.7 Å². The van der Waals surface area contributed by atoms with E-state index in [1.165, 1.54) is 12.1 Å². The average Bonchev–Trinajstić information content (AvgIpc) is 2.96. The van der Waals surface area contributed by atoms with Crippen molar-refractivity contribution in [2.75, 3.05) is 13.1 Å². The van der Waals surface area contributed by atoms with Crippen LogP contribution in [-0.2, 0) is 0 Å². The molecule has 1 aliphatic rings. The summed E-state index contributed by atoms with van der Waals surface area (Å²) in [6.07, 6.45) is 1.30. The summed E-state index contributed by atoms with van der Waals surface area (Å²) in [5, 5.41) is 0.706. The fourth-order valence-corrected chi connectivity index (χ4v) is 5.04. The van der Waals surface area contributed by atoms with Gasteiger partial charge in [0, 0.05) is 24.0 Å². The lowest BCUT2D eigenvalue weighted by Gasteiger charge is -2.33. The van der Waals surface area contributed by atoms with Gasteiger partial charge < -0.3 is 4.90 Å². The Bertz CT molecular complexity index is 1130. The van der Waals surface area contributed by atoms with Crippen molar-refractivity contribution >= 4 is 27.5 Å². The van der Waals surface area contributed by atoms with Gasteiger partial charge in [0.1, 0.15) is 16.5 Å². The quantitative estimate of drug-likeness (QED) is 0.655. The molecule has 7 heteroatoms. The van der Waals surface area contributed by atoms with Gasteiger partial charge in [-0.05, 0) is 51.3 Å². The monoisotopic (exact) mass is 399 g/mol. The van der Waals surface area contributed by atoms with Gasteiger partial charge in [0.2, 0.25) is 0 Å². The van der Waals surface area contributed by atoms with Gasteiger partial charge in [0.05, 0.1) is 10.9 Å². The van der Waals surface area contributed by atoms with E-state index in [1.54, 1.807) is 32.9 Å². The number of amides is 1. The first-order chi connectivity index (χ1) is 13.4. The Hall–Kier alpha value is -2.54. The van der Waals surface area contributed by atoms with Gasteiger partial charge in [-0.3, -0.25) is 14.2 Å². The molecule has 3 aromatic rings. The molecule has 1 amide bonds. The van der Waals surface area contributed by atoms with Gasteiger partial charge in [-0.25, -0.2) is 9.37 Å². The van der Waals surface area contributed by atoms with Crippen LogP contribution < -0.4 is 5.56 Å². The Balaban J connectivity index is 1.59. The van der Waals surface area contributed by atoms with Crippen LogP contribution in [0.25, 0.3) is 10.2 Å². The van der Waals surface area contributed by atoms with Crippen molar-refractivity contribution in [3.8, 4) is 0 Å². The normalized spacial score (nSPS) is 15.4. The highest BCUT2D eigenvalue weighted by Crippen LogP contribution is 2.29. The Labute approximate surface area is 166 Å². The number of carbonyl (C=O) groups excluding carboxylic acids is 1. The highest BCUT2D eigenvalue weighted by Gasteiger charge is 2.28. The van der Waals surface area contributed by atoms with E-state index in [-0.39, 0.29) is 23.1 Å². The molecule has 4 rings (SSSR count). The number of halogens is 1. The lowest BCUT2D eigenvalue weighted by molar-refractivity contribution is 0.0688. The third kappa shape index (κ3) is 3.03. The summed E-state index contributed by atoms with van der Waals surface area (Å²) in [6, 6.07) is 6.05. The summed E-state index contributed by atoms with van der Waals surface area (Å²) in [6.45, 7) is 6.81. The molecule has 0 unspecified atom stereocenters. The first-order valence-corrected chi connectivity index (χ1v) is 10.2. The molecule has 28 heavy (non-hydrogen) atoms. The molecular weight excluding hydrogens is 377 g/mol. The van der Waals surface area contributed by atoms with Gasteiger partial charge >= 0.3 is 0 Å². The van der Waals surface area contributed by atoms with Crippen LogP contribution in [0.2, 0.25) is 0 Å². The molecule has 1 fully saturated rings. The number of hydrogen-bond donors (Lipinski definition) is 0. The number of aromatic nitrogens is 2. The van der Waals surface area contributed by atoms with E-state index >= 15 is 0 Å². The molecular formula is C21H22FN3O2S. The number of carbonyl (C=O) groups is 1. The first kappa shape index (κ1) is 18.8. The van der Waals surface area contributed by atoms with E-state index in [9.17, 15) is 14.0 Å². The predicted molar refractivity (Wildman–Crippen MR) is 109 cm³/mol. The smallest absolute Gasteiger partial charge is 0.262 e. The minimum absolute atomic E-state index is 0.00299. The molecule has 1 aliphatic heterocycles. The summed E-state index contributed by atoms with van der Waals surface area (Å²) in [4.78, 5) is 34.0. The number of nitrogens with zero attached hydrogens (tertiary/aromatic N) is 3. The molecule has 0 spiro atoms. The second kappa shape index (κ2) is 7.13. The Morgan fingerprint density at radius 1 is 1.18 bits per heavy atom. The fraction of sp³-hybridized carbons (Fsp3) is 0.381. The van der Waals surface area contributed by atoms with Gasteiger partial charge in [0.15, 0.2) is 0 Å². The number of piperidine rings is 1. The SMILES string of the molecule is Cc1sc2nc(C)n(C3CCN(C(=O)c4ccccc4F)CC3)c(=O)c2c1C. The van der Waals surface area contributed by atoms with Crippen molar-refractivity contribution in [1.82, 2.24) is 14.5 Å². The molecule has 0 saturated carbocycles. The van der Waals surface area contributed by atoms with E-state index in [4.69, 9.17) is 0 Å². The van der Waals surface area contributed by atoms with Gasteiger partial charge in [-0.2, -0.15) is 0 Å². The zero-order valence-electron chi connectivity index (χ0n) is 16.2. The molecule has 0 bridgehead atoms. The number of thiophene rings is 1. The van der Waals surface area contributed by atoms with Gasteiger partial charge in [-0.1, -0.05) is 12.1 Å². The van der Waals surface area contributed by atoms with Crippen molar-refractivity contribution in [3.63, 3.8) is 0 Å². The number of aryl methyl sites for hydroxylation is 3. The Morgan fingerprint density at radius 2 is 1.86 bits per heavy atom. The number of rotatable bonds is 2. The minimum Gasteiger partial charge on any atom is -0.338 e. The second-order valence-corrected chi connectivity index (χ2v) is 8.50. The number of hydrogen-bond acceptors (Lipinski definition) is 4. The van der Waals surface area contributed by atoms with Crippen LogP contribution in [0.4, 0.5) is 4.39 Å². The first-order valence-electron chi connectivity index (χ1n) is 9.41. The maximum absolute atomic E-state index is 13.9. The topological polar surface area (TPSA) is 55.2 Å². The standard InChI is InChI=1S/C21H22FN3O2S/c1-12-13(2)28-19-18(12)21(27)25(14(3)23-19)15-8-10-24(11-9-15)20(26)16-6-4-5-7-17(16)22/h4-7,15H,8-11H2,1-3H3. The van der Waals surface area contributed by atoms with E-state index in [0.29, 0.717) is 37.1 Å². The van der Waals surface area contributed by atoms with Crippen LogP contribution in [0.3, 0.4) is 0 Å². The predicted octanol–water partition coefficient (Wildman–Crippen LogP) is 4.00. The summed E-state index contributed by atoms with van der Waals surface area (Å²) in [7, 11) is 0. The van der Waals surface area contributed by atoms with Crippen molar-refractivity contribution in [2.24, 2.45) is 0 Å². The van der Waals surface area contributed by atoms with Crippen molar-refractivity contribution in [1.29, 1.82) is 0 Å². The second-order valence-electron chi connectivity index (χ2n) is 7.30. The van der Waals surface area contributed by atoms with Crippen LogP contribution in [0.5, 0.6) is 0 Å². The van der Waals surface area contributed by atoms with Gasteiger partial charge in [-0.15, -0.1) is 11.3 Å². The molecule has 146 valence electrons. The van der Waals surface area contributed by atoms with Crippen LogP contribution in [0.15, 0.2) is 29.1 Å². The fourth-order valence-electron chi connectivity index (χ4n) is 3.97. The number of fused-ring (bicyclic) bond motifs is 1. The summed E-state index contributed by atoms with van der Waals surface area (Å²) >= 11 is 1.55. The van der Waals surface area contributed by atoms with Crippen molar-refractivity contribution < 1.29 is 9.18 Å². The molecule has 0 aliphatic carbocycles. The molecule has 1 saturated heterocycles. The highest BCUT2D eigenvalue weighted by molar-refractivity contribution is 7.18. The molecule has 0 N–H and O–H groups in total. The number of likely N-dealkylation sites (tertiary alicyclic amines) is 1. The van der Waals surface area contributed by atoms with Crippen molar-refractivity contribution in [3.05, 3.63) is 62.3 Å². The maximum Gasteiger partial charge on any atom is 0.262 e. The minimum atomic E-state index is -0.500. The molecule has 0 radical (unpaired) electrons. The largest absolute Gasteiger partial charge is 0.338 e. The van der Waals surface area contributed by atoms with Crippen LogP contribution in [-0.4, -0.2) is 33.4 Å². The highest BCUT2D eigenvalue weighted by atomic mass is 32.1. The molecule has 0 atom stereocenters. The average molecular weight is 399 g/mol. The lowest BCUT2D eigenvalue weighted by atomic mass is 10.0. The van der Waals surface area contributed by atoms with E-state index < -0.39 is 5.82 Å².